The van der Waals surface area contributed by atoms with E-state index >= 15 is 0 Å². The number of aromatic nitrogens is 1. The molecule has 0 saturated carbocycles. The Morgan fingerprint density at radius 2 is 2.00 bits per heavy atom. The number of hydrogen-bond donors (Lipinski definition) is 1. The number of hydrogen-bond acceptors (Lipinski definition) is 3. The standard InChI is InChI=1S/C15H16Cl2N2O/c1-10(2)19-9-11-4-3-7-18-15(11)20-12-5-6-13(16)14(17)8-12/h3-8,10,19H,9H2,1-2H3. The van der Waals surface area contributed by atoms with E-state index in [1.807, 2.05) is 12.1 Å². The summed E-state index contributed by atoms with van der Waals surface area (Å²) in [7, 11) is 0. The third-order valence-electron chi connectivity index (χ3n) is 2.66. The van der Waals surface area contributed by atoms with Crippen molar-refractivity contribution in [3.8, 4) is 11.6 Å². The van der Waals surface area contributed by atoms with Crippen LogP contribution in [0.2, 0.25) is 10.0 Å². The molecule has 3 nitrogen and oxygen atoms in total. The molecule has 2 rings (SSSR count). The van der Waals surface area contributed by atoms with Crippen LogP contribution in [0.15, 0.2) is 36.5 Å². The first-order chi connectivity index (χ1) is 9.56. The molecule has 0 amide bonds. The van der Waals surface area contributed by atoms with Crippen molar-refractivity contribution in [1.82, 2.24) is 10.3 Å². The number of benzene rings is 1. The average molecular weight is 311 g/mol. The second kappa shape index (κ2) is 6.93. The maximum atomic E-state index is 5.98. The van der Waals surface area contributed by atoms with Gasteiger partial charge in [-0.3, -0.25) is 0 Å². The quantitative estimate of drug-likeness (QED) is 0.870. The summed E-state index contributed by atoms with van der Waals surface area (Å²) in [6, 6.07) is 9.41. The van der Waals surface area contributed by atoms with Gasteiger partial charge < -0.3 is 10.1 Å². The average Bonchev–Trinajstić information content (AvgIpc) is 2.42. The monoisotopic (exact) mass is 310 g/mol. The highest BCUT2D eigenvalue weighted by atomic mass is 35.5. The van der Waals surface area contributed by atoms with E-state index < -0.39 is 0 Å². The maximum Gasteiger partial charge on any atom is 0.223 e. The summed E-state index contributed by atoms with van der Waals surface area (Å²) in [6.45, 7) is 4.88. The van der Waals surface area contributed by atoms with E-state index in [4.69, 9.17) is 27.9 Å². The van der Waals surface area contributed by atoms with E-state index in [0.717, 1.165) is 5.56 Å². The van der Waals surface area contributed by atoms with E-state index in [1.54, 1.807) is 24.4 Å². The summed E-state index contributed by atoms with van der Waals surface area (Å²) in [5, 5.41) is 4.30. The molecule has 0 aliphatic carbocycles. The van der Waals surface area contributed by atoms with Gasteiger partial charge in [0.2, 0.25) is 5.88 Å². The molecular weight excluding hydrogens is 295 g/mol. The first-order valence-electron chi connectivity index (χ1n) is 6.36. The molecule has 2 aromatic rings. The van der Waals surface area contributed by atoms with Crippen LogP contribution in [0.3, 0.4) is 0 Å². The van der Waals surface area contributed by atoms with Gasteiger partial charge in [-0.1, -0.05) is 43.1 Å². The van der Waals surface area contributed by atoms with E-state index in [1.165, 1.54) is 0 Å². The molecule has 0 atom stereocenters. The van der Waals surface area contributed by atoms with Gasteiger partial charge in [0.25, 0.3) is 0 Å². The Balaban J connectivity index is 2.17. The van der Waals surface area contributed by atoms with Crippen molar-refractivity contribution in [3.05, 3.63) is 52.1 Å². The number of rotatable bonds is 5. The lowest BCUT2D eigenvalue weighted by atomic mass is 10.2. The predicted molar refractivity (Wildman–Crippen MR) is 82.7 cm³/mol. The van der Waals surface area contributed by atoms with Gasteiger partial charge in [0.1, 0.15) is 5.75 Å². The SMILES string of the molecule is CC(C)NCc1cccnc1Oc1ccc(Cl)c(Cl)c1. The van der Waals surface area contributed by atoms with E-state index in [9.17, 15) is 0 Å². The van der Waals surface area contributed by atoms with Crippen LogP contribution in [0, 0.1) is 0 Å². The summed E-state index contributed by atoms with van der Waals surface area (Å²) >= 11 is 11.9. The van der Waals surface area contributed by atoms with Crippen molar-refractivity contribution in [2.45, 2.75) is 26.4 Å². The summed E-state index contributed by atoms with van der Waals surface area (Å²) in [4.78, 5) is 4.27. The molecule has 20 heavy (non-hydrogen) atoms. The molecule has 1 aromatic carbocycles. The Hall–Kier alpha value is -1.29. The van der Waals surface area contributed by atoms with Crippen LogP contribution >= 0.6 is 23.2 Å². The number of ether oxygens (including phenoxy) is 1. The fourth-order valence-corrected chi connectivity index (χ4v) is 1.90. The second-order valence-corrected chi connectivity index (χ2v) is 5.50. The van der Waals surface area contributed by atoms with Gasteiger partial charge in [0.05, 0.1) is 10.0 Å². The van der Waals surface area contributed by atoms with Crippen molar-refractivity contribution in [1.29, 1.82) is 0 Å². The Bertz CT molecular complexity index is 588. The smallest absolute Gasteiger partial charge is 0.223 e. The topological polar surface area (TPSA) is 34.2 Å². The molecule has 0 aliphatic heterocycles. The molecule has 0 fully saturated rings. The van der Waals surface area contributed by atoms with Crippen LogP contribution in [-0.4, -0.2) is 11.0 Å². The lowest BCUT2D eigenvalue weighted by Crippen LogP contribution is -2.22. The normalized spacial score (nSPS) is 10.8. The molecule has 0 aliphatic rings. The molecule has 106 valence electrons. The molecule has 5 heteroatoms. The highest BCUT2D eigenvalue weighted by Crippen LogP contribution is 2.29. The zero-order valence-electron chi connectivity index (χ0n) is 11.4. The van der Waals surface area contributed by atoms with Gasteiger partial charge in [-0.15, -0.1) is 0 Å². The zero-order chi connectivity index (χ0) is 14.5. The summed E-state index contributed by atoms with van der Waals surface area (Å²) in [5.74, 6) is 1.18. The van der Waals surface area contributed by atoms with Gasteiger partial charge in [-0.2, -0.15) is 0 Å². The maximum absolute atomic E-state index is 5.98. The fraction of sp³-hybridized carbons (Fsp3) is 0.267. The van der Waals surface area contributed by atoms with E-state index in [-0.39, 0.29) is 0 Å². The Kier molecular flexibility index (Phi) is 5.24. The lowest BCUT2D eigenvalue weighted by molar-refractivity contribution is 0.450. The predicted octanol–water partition coefficient (Wildman–Crippen LogP) is 4.68. The zero-order valence-corrected chi connectivity index (χ0v) is 12.9. The van der Waals surface area contributed by atoms with Gasteiger partial charge in [0.15, 0.2) is 0 Å². The highest BCUT2D eigenvalue weighted by Gasteiger charge is 2.08. The van der Waals surface area contributed by atoms with E-state index in [2.05, 4.69) is 24.1 Å². The highest BCUT2D eigenvalue weighted by molar-refractivity contribution is 6.42. The molecule has 0 radical (unpaired) electrons. The molecule has 1 heterocycles. The van der Waals surface area contributed by atoms with Crippen molar-refractivity contribution in [2.75, 3.05) is 0 Å². The Labute approximate surface area is 128 Å². The minimum absolute atomic E-state index is 0.396. The number of halogens is 2. The van der Waals surface area contributed by atoms with Crippen molar-refractivity contribution in [2.24, 2.45) is 0 Å². The van der Waals surface area contributed by atoms with Crippen molar-refractivity contribution < 1.29 is 4.74 Å². The van der Waals surface area contributed by atoms with Crippen LogP contribution in [0.5, 0.6) is 11.6 Å². The third-order valence-corrected chi connectivity index (χ3v) is 3.40. The van der Waals surface area contributed by atoms with E-state index in [0.29, 0.717) is 34.3 Å². The molecular formula is C15H16Cl2N2O. The summed E-state index contributed by atoms with van der Waals surface area (Å²) in [5.41, 5.74) is 0.993. The Morgan fingerprint density at radius 3 is 2.70 bits per heavy atom. The third kappa shape index (κ3) is 4.10. The largest absolute Gasteiger partial charge is 0.439 e. The first-order valence-corrected chi connectivity index (χ1v) is 7.12. The molecule has 0 spiro atoms. The van der Waals surface area contributed by atoms with Crippen LogP contribution in [0.1, 0.15) is 19.4 Å². The van der Waals surface area contributed by atoms with Crippen molar-refractivity contribution in [3.63, 3.8) is 0 Å². The minimum atomic E-state index is 0.396. The van der Waals surface area contributed by atoms with Crippen LogP contribution < -0.4 is 10.1 Å². The molecule has 0 unspecified atom stereocenters. The number of nitrogens with one attached hydrogen (secondary N) is 1. The van der Waals surface area contributed by atoms with Crippen molar-refractivity contribution >= 4 is 23.2 Å². The molecule has 0 bridgehead atoms. The molecule has 0 saturated heterocycles. The summed E-state index contributed by atoms with van der Waals surface area (Å²) < 4.78 is 5.78. The minimum Gasteiger partial charge on any atom is -0.439 e. The fourth-order valence-electron chi connectivity index (χ4n) is 1.62. The second-order valence-electron chi connectivity index (χ2n) is 4.68. The number of nitrogens with zero attached hydrogens (tertiary/aromatic N) is 1. The van der Waals surface area contributed by atoms with Gasteiger partial charge in [-0.25, -0.2) is 4.98 Å². The van der Waals surface area contributed by atoms with Crippen LogP contribution in [0.25, 0.3) is 0 Å². The molecule has 1 N–H and O–H groups in total. The number of pyridine rings is 1. The first kappa shape index (κ1) is 15.1. The summed E-state index contributed by atoms with van der Waals surface area (Å²) in [6.07, 6.45) is 1.70. The van der Waals surface area contributed by atoms with Gasteiger partial charge in [-0.05, 0) is 18.2 Å². The van der Waals surface area contributed by atoms with Crippen LogP contribution in [0.4, 0.5) is 0 Å². The Morgan fingerprint density at radius 1 is 1.20 bits per heavy atom. The van der Waals surface area contributed by atoms with Crippen LogP contribution in [-0.2, 0) is 6.54 Å². The van der Waals surface area contributed by atoms with Gasteiger partial charge >= 0.3 is 0 Å². The molecule has 1 aromatic heterocycles. The lowest BCUT2D eigenvalue weighted by Gasteiger charge is -2.12. The van der Waals surface area contributed by atoms with Gasteiger partial charge in [0, 0.05) is 30.4 Å².